The van der Waals surface area contributed by atoms with Gasteiger partial charge in [0, 0.05) is 13.8 Å². The van der Waals surface area contributed by atoms with Gasteiger partial charge in [0.2, 0.25) is 11.1 Å². The second-order valence-corrected chi connectivity index (χ2v) is 7.24. The predicted octanol–water partition coefficient (Wildman–Crippen LogP) is 1.27. The number of hydrogen-bond donors (Lipinski definition) is 0. The molecule has 4 atom stereocenters. The molecule has 1 fully saturated rings. The van der Waals surface area contributed by atoms with Crippen molar-refractivity contribution in [2.24, 2.45) is 0 Å². The van der Waals surface area contributed by atoms with Crippen LogP contribution in [0.3, 0.4) is 0 Å². The first-order valence-corrected chi connectivity index (χ1v) is 9.87. The van der Waals surface area contributed by atoms with Crippen LogP contribution >= 0.6 is 23.2 Å². The average Bonchev–Trinajstić information content (AvgIpc) is 3.39. The molecule has 0 N–H and O–H groups in total. The lowest BCUT2D eigenvalue weighted by Crippen LogP contribution is -2.37. The van der Waals surface area contributed by atoms with Crippen molar-refractivity contribution in [3.8, 4) is 0 Å². The van der Waals surface area contributed by atoms with Gasteiger partial charge in [-0.25, -0.2) is 9.97 Å². The van der Waals surface area contributed by atoms with Gasteiger partial charge >= 0.3 is 11.9 Å². The van der Waals surface area contributed by atoms with Crippen molar-refractivity contribution < 1.29 is 23.8 Å². The van der Waals surface area contributed by atoms with Gasteiger partial charge in [-0.1, -0.05) is 11.6 Å². The maximum Gasteiger partial charge on any atom is 0.303 e. The fraction of sp³-hybridized carbons (Fsp3) is 0.500. The highest BCUT2D eigenvalue weighted by Gasteiger charge is 2.53. The summed E-state index contributed by atoms with van der Waals surface area (Å²) in [4.78, 5) is 37.2. The van der Waals surface area contributed by atoms with Gasteiger partial charge in [-0.05, 0) is 23.7 Å². The second-order valence-electron chi connectivity index (χ2n) is 6.54. The number of esters is 2. The number of imidazole rings is 1. The lowest BCUT2D eigenvalue weighted by Gasteiger charge is -2.23. The number of aromatic nitrogens is 8. The van der Waals surface area contributed by atoms with E-state index in [9.17, 15) is 9.59 Å². The number of hydrogen-bond acceptors (Lipinski definition) is 11. The summed E-state index contributed by atoms with van der Waals surface area (Å²) in [6.07, 6.45) is -2.76. The van der Waals surface area contributed by atoms with E-state index < -0.39 is 36.5 Å². The molecule has 0 bridgehead atoms. The van der Waals surface area contributed by atoms with Crippen LogP contribution in [-0.2, 0) is 30.3 Å². The Hall–Kier alpha value is -2.90. The zero-order chi connectivity index (χ0) is 22.3. The lowest BCUT2D eigenvalue weighted by atomic mass is 10.1. The third kappa shape index (κ3) is 4.03. The molecule has 0 radical (unpaired) electrons. The zero-order valence-electron chi connectivity index (χ0n) is 16.5. The molecular weight excluding hydrogens is 455 g/mol. The number of carbonyl (C=O) groups excluding carboxylic acids is 2. The Balaban J connectivity index is 1.82. The van der Waals surface area contributed by atoms with Crippen molar-refractivity contribution in [2.45, 2.75) is 51.9 Å². The van der Waals surface area contributed by atoms with Crippen LogP contribution in [0.4, 0.5) is 0 Å². The summed E-state index contributed by atoms with van der Waals surface area (Å²) >= 11 is 12.1. The summed E-state index contributed by atoms with van der Waals surface area (Å²) in [6.45, 7) is 4.75. The van der Waals surface area contributed by atoms with Crippen molar-refractivity contribution in [1.82, 2.24) is 39.7 Å². The Morgan fingerprint density at radius 2 is 1.87 bits per heavy atom. The zero-order valence-corrected chi connectivity index (χ0v) is 18.0. The van der Waals surface area contributed by atoms with E-state index >= 15 is 0 Å². The fourth-order valence-electron chi connectivity index (χ4n) is 3.26. The number of aryl methyl sites for hydroxylation is 1. The average molecular weight is 471 g/mol. The number of halogens is 2. The third-order valence-electron chi connectivity index (χ3n) is 4.42. The topological polar surface area (TPSA) is 149 Å². The summed E-state index contributed by atoms with van der Waals surface area (Å²) in [7, 11) is 0. The molecule has 0 amide bonds. The normalized spacial score (nSPS) is 23.3. The molecule has 2 unspecified atom stereocenters. The Labute approximate surface area is 184 Å². The third-order valence-corrected chi connectivity index (χ3v) is 4.86. The van der Waals surface area contributed by atoms with Crippen LogP contribution in [0.2, 0.25) is 10.4 Å². The fourth-order valence-corrected chi connectivity index (χ4v) is 3.68. The van der Waals surface area contributed by atoms with E-state index in [1.165, 1.54) is 29.5 Å². The number of carbonyl (C=O) groups is 2. The predicted molar refractivity (Wildman–Crippen MR) is 103 cm³/mol. The minimum absolute atomic E-state index is 0.0384. The number of ether oxygens (including phenoxy) is 3. The molecule has 0 aromatic carbocycles. The van der Waals surface area contributed by atoms with E-state index in [4.69, 9.17) is 37.4 Å². The Kier molecular flexibility index (Phi) is 5.73. The van der Waals surface area contributed by atoms with Gasteiger partial charge in [0.1, 0.15) is 5.52 Å². The van der Waals surface area contributed by atoms with Crippen LogP contribution in [0, 0.1) is 0 Å². The summed E-state index contributed by atoms with van der Waals surface area (Å²) in [5.74, 6) is -1.07. The van der Waals surface area contributed by atoms with E-state index in [1.54, 1.807) is 0 Å². The monoisotopic (exact) mass is 470 g/mol. The van der Waals surface area contributed by atoms with Gasteiger partial charge in [0.05, 0.1) is 12.9 Å². The van der Waals surface area contributed by atoms with Crippen LogP contribution in [0.1, 0.15) is 38.9 Å². The van der Waals surface area contributed by atoms with E-state index in [2.05, 4.69) is 30.4 Å². The largest absolute Gasteiger partial charge is 0.455 e. The van der Waals surface area contributed by atoms with E-state index in [-0.39, 0.29) is 27.4 Å². The molecule has 3 aromatic heterocycles. The summed E-state index contributed by atoms with van der Waals surface area (Å²) in [6, 6.07) is 0. The SMILES string of the molecule is CCn1nnc([C@H]2OC(n3cnc4c(Cl)nc(Cl)nc43)C(OC(C)=O)[C@@H]2OC(C)=O)n1. The molecular formula is C16H16Cl2N8O5. The second kappa shape index (κ2) is 8.32. The van der Waals surface area contributed by atoms with E-state index in [0.29, 0.717) is 6.54 Å². The van der Waals surface area contributed by atoms with Crippen molar-refractivity contribution >= 4 is 46.3 Å². The van der Waals surface area contributed by atoms with Crippen LogP contribution in [-0.4, -0.2) is 63.9 Å². The van der Waals surface area contributed by atoms with Gasteiger partial charge in [0.15, 0.2) is 35.3 Å². The van der Waals surface area contributed by atoms with Gasteiger partial charge < -0.3 is 14.2 Å². The molecule has 1 aliphatic heterocycles. The Morgan fingerprint density at radius 1 is 1.16 bits per heavy atom. The van der Waals surface area contributed by atoms with Crippen LogP contribution in [0.5, 0.6) is 0 Å². The van der Waals surface area contributed by atoms with Crippen molar-refractivity contribution in [3.63, 3.8) is 0 Å². The summed E-state index contributed by atoms with van der Waals surface area (Å²) < 4.78 is 18.5. The molecule has 4 rings (SSSR count). The van der Waals surface area contributed by atoms with Gasteiger partial charge in [0.25, 0.3) is 0 Å². The molecule has 4 heterocycles. The van der Waals surface area contributed by atoms with Gasteiger partial charge in [-0.2, -0.15) is 9.78 Å². The maximum atomic E-state index is 11.9. The maximum absolute atomic E-state index is 11.9. The lowest BCUT2D eigenvalue weighted by molar-refractivity contribution is -0.165. The molecule has 1 aliphatic rings. The minimum atomic E-state index is -1.08. The van der Waals surface area contributed by atoms with Crippen molar-refractivity contribution in [3.05, 3.63) is 22.6 Å². The van der Waals surface area contributed by atoms with Crippen molar-refractivity contribution in [1.29, 1.82) is 0 Å². The number of nitrogens with zero attached hydrogens (tertiary/aromatic N) is 8. The van der Waals surface area contributed by atoms with Gasteiger partial charge in [-0.3, -0.25) is 14.2 Å². The number of rotatable bonds is 5. The van der Waals surface area contributed by atoms with Crippen molar-refractivity contribution in [2.75, 3.05) is 0 Å². The first-order chi connectivity index (χ1) is 14.8. The highest BCUT2D eigenvalue weighted by atomic mass is 35.5. The number of tetrazole rings is 1. The number of fused-ring (bicyclic) bond motifs is 1. The standard InChI is InChI=1S/C16H16Cl2N8O5/c1-4-26-23-13(22-24-26)10-9(29-6(2)27)11(30-7(3)28)15(31-10)25-5-19-8-12(17)20-16(18)21-14(8)25/h5,9-11,15H,4H2,1-3H3/t9-,10+,11?,15?/m1/s1. The minimum Gasteiger partial charge on any atom is -0.455 e. The highest BCUT2D eigenvalue weighted by molar-refractivity contribution is 6.35. The molecule has 31 heavy (non-hydrogen) atoms. The van der Waals surface area contributed by atoms with E-state index in [1.807, 2.05) is 6.92 Å². The van der Waals surface area contributed by atoms with Crippen LogP contribution < -0.4 is 0 Å². The molecule has 3 aromatic rings. The molecule has 0 aliphatic carbocycles. The van der Waals surface area contributed by atoms with Crippen LogP contribution in [0.25, 0.3) is 11.2 Å². The van der Waals surface area contributed by atoms with Crippen LogP contribution in [0.15, 0.2) is 6.33 Å². The highest BCUT2D eigenvalue weighted by Crippen LogP contribution is 2.42. The summed E-state index contributed by atoms with van der Waals surface area (Å²) in [5, 5.41) is 12.1. The molecule has 0 saturated carbocycles. The molecule has 0 spiro atoms. The smallest absolute Gasteiger partial charge is 0.303 e. The van der Waals surface area contributed by atoms with Gasteiger partial charge in [-0.15, -0.1) is 10.2 Å². The summed E-state index contributed by atoms with van der Waals surface area (Å²) in [5.41, 5.74) is 0.498. The first kappa shape index (κ1) is 21.3. The quantitative estimate of drug-likeness (QED) is 0.301. The Bertz CT molecular complexity index is 1150. The molecule has 1 saturated heterocycles. The molecule has 13 nitrogen and oxygen atoms in total. The first-order valence-electron chi connectivity index (χ1n) is 9.11. The molecule has 164 valence electrons. The Morgan fingerprint density at radius 3 is 2.52 bits per heavy atom. The van der Waals surface area contributed by atoms with E-state index in [0.717, 1.165) is 0 Å². The molecule has 15 heteroatoms.